The van der Waals surface area contributed by atoms with Crippen molar-refractivity contribution in [3.8, 4) is 0 Å². The van der Waals surface area contributed by atoms with E-state index in [1.807, 2.05) is 6.20 Å². The lowest BCUT2D eigenvalue weighted by Gasteiger charge is -1.98. The molecule has 0 aliphatic carbocycles. The van der Waals surface area contributed by atoms with E-state index in [0.29, 0.717) is 13.1 Å². The van der Waals surface area contributed by atoms with Crippen LogP contribution in [-0.4, -0.2) is 15.1 Å². The summed E-state index contributed by atoms with van der Waals surface area (Å²) in [5, 5.41) is 20.4. The summed E-state index contributed by atoms with van der Waals surface area (Å²) in [5.41, 5.74) is 1.06. The standard InChI is InChI=1S/C9H10N4O2S/c14-13(15)9-2-1-8(16-9)6-10-3-7-4-11-12-5-7/h1-2,4-5,10H,3,6H2,(H,11,12). The molecule has 2 aromatic rings. The first kappa shape index (κ1) is 10.8. The fourth-order valence-corrected chi connectivity index (χ4v) is 2.05. The largest absolute Gasteiger partial charge is 0.324 e. The number of aromatic amines is 1. The fourth-order valence-electron chi connectivity index (χ4n) is 1.26. The Bertz CT molecular complexity index is 466. The van der Waals surface area contributed by atoms with Crippen LogP contribution in [0.3, 0.4) is 0 Å². The Kier molecular flexibility index (Phi) is 3.28. The Morgan fingerprint density at radius 1 is 1.50 bits per heavy atom. The van der Waals surface area contributed by atoms with Gasteiger partial charge in [-0.05, 0) is 6.07 Å². The monoisotopic (exact) mass is 238 g/mol. The Hall–Kier alpha value is -1.73. The Labute approximate surface area is 95.5 Å². The van der Waals surface area contributed by atoms with Gasteiger partial charge in [-0.3, -0.25) is 15.2 Å². The molecule has 6 nitrogen and oxygen atoms in total. The van der Waals surface area contributed by atoms with Crippen LogP contribution in [0.1, 0.15) is 10.4 Å². The van der Waals surface area contributed by atoms with Crippen LogP contribution in [0.5, 0.6) is 0 Å². The summed E-state index contributed by atoms with van der Waals surface area (Å²) in [5.74, 6) is 0. The van der Waals surface area contributed by atoms with Crippen LogP contribution in [0.2, 0.25) is 0 Å². The summed E-state index contributed by atoms with van der Waals surface area (Å²) < 4.78 is 0. The highest BCUT2D eigenvalue weighted by Gasteiger charge is 2.08. The number of hydrogen-bond donors (Lipinski definition) is 2. The van der Waals surface area contributed by atoms with Gasteiger partial charge in [-0.25, -0.2) is 0 Å². The van der Waals surface area contributed by atoms with Crippen molar-refractivity contribution in [2.45, 2.75) is 13.1 Å². The first-order valence-electron chi connectivity index (χ1n) is 4.67. The van der Waals surface area contributed by atoms with Gasteiger partial charge in [0.2, 0.25) is 0 Å². The minimum atomic E-state index is -0.371. The minimum absolute atomic E-state index is 0.181. The van der Waals surface area contributed by atoms with Crippen LogP contribution in [-0.2, 0) is 13.1 Å². The lowest BCUT2D eigenvalue weighted by molar-refractivity contribution is -0.380. The van der Waals surface area contributed by atoms with Crippen molar-refractivity contribution in [1.82, 2.24) is 15.5 Å². The molecule has 0 saturated carbocycles. The third-order valence-electron chi connectivity index (χ3n) is 2.01. The zero-order valence-corrected chi connectivity index (χ0v) is 9.16. The molecule has 0 fully saturated rings. The van der Waals surface area contributed by atoms with Gasteiger partial charge in [0.15, 0.2) is 0 Å². The predicted molar refractivity (Wildman–Crippen MR) is 60.1 cm³/mol. The van der Waals surface area contributed by atoms with Crippen LogP contribution in [0, 0.1) is 10.1 Å². The molecule has 2 aromatic heterocycles. The highest BCUT2D eigenvalue weighted by Crippen LogP contribution is 2.23. The van der Waals surface area contributed by atoms with Gasteiger partial charge in [-0.2, -0.15) is 5.10 Å². The molecule has 0 aliphatic heterocycles. The third-order valence-corrected chi connectivity index (χ3v) is 3.05. The molecule has 2 N–H and O–H groups in total. The van der Waals surface area contributed by atoms with Crippen molar-refractivity contribution >= 4 is 16.3 Å². The highest BCUT2D eigenvalue weighted by atomic mass is 32.1. The molecular weight excluding hydrogens is 228 g/mol. The van der Waals surface area contributed by atoms with Crippen molar-refractivity contribution in [1.29, 1.82) is 0 Å². The summed E-state index contributed by atoms with van der Waals surface area (Å²) in [6.45, 7) is 1.33. The maximum atomic E-state index is 10.5. The third kappa shape index (κ3) is 2.65. The Balaban J connectivity index is 1.83. The molecule has 0 saturated heterocycles. The van der Waals surface area contributed by atoms with Crippen LogP contribution in [0.15, 0.2) is 24.5 Å². The summed E-state index contributed by atoms with van der Waals surface area (Å²) >= 11 is 1.19. The van der Waals surface area contributed by atoms with Crippen molar-refractivity contribution in [2.75, 3.05) is 0 Å². The van der Waals surface area contributed by atoms with Gasteiger partial charge in [0, 0.05) is 35.8 Å². The second kappa shape index (κ2) is 4.86. The Morgan fingerprint density at radius 2 is 2.38 bits per heavy atom. The normalized spacial score (nSPS) is 10.5. The molecule has 16 heavy (non-hydrogen) atoms. The molecule has 0 spiro atoms. The molecule has 0 amide bonds. The van der Waals surface area contributed by atoms with E-state index in [-0.39, 0.29) is 9.92 Å². The van der Waals surface area contributed by atoms with E-state index in [0.717, 1.165) is 10.4 Å². The van der Waals surface area contributed by atoms with E-state index < -0.39 is 0 Å². The van der Waals surface area contributed by atoms with Crippen LogP contribution < -0.4 is 5.32 Å². The van der Waals surface area contributed by atoms with E-state index in [1.165, 1.54) is 17.4 Å². The first-order valence-corrected chi connectivity index (χ1v) is 5.49. The number of rotatable bonds is 5. The SMILES string of the molecule is O=[N+]([O-])c1ccc(CNCc2cn[nH]c2)s1. The summed E-state index contributed by atoms with van der Waals surface area (Å²) in [4.78, 5) is 11.0. The molecular formula is C9H10N4O2S. The van der Waals surface area contributed by atoms with Crippen molar-refractivity contribution in [3.05, 3.63) is 45.1 Å². The fraction of sp³-hybridized carbons (Fsp3) is 0.222. The molecule has 0 radical (unpaired) electrons. The molecule has 0 unspecified atom stereocenters. The van der Waals surface area contributed by atoms with Crippen LogP contribution >= 0.6 is 11.3 Å². The smallest absolute Gasteiger partial charge is 0.308 e. The zero-order valence-electron chi connectivity index (χ0n) is 8.34. The number of H-pyrrole nitrogens is 1. The van der Waals surface area contributed by atoms with E-state index in [1.54, 1.807) is 12.3 Å². The molecule has 0 aromatic carbocycles. The van der Waals surface area contributed by atoms with E-state index >= 15 is 0 Å². The number of thiophene rings is 1. The van der Waals surface area contributed by atoms with Gasteiger partial charge < -0.3 is 5.32 Å². The van der Waals surface area contributed by atoms with Crippen molar-refractivity contribution in [2.24, 2.45) is 0 Å². The van der Waals surface area contributed by atoms with Gasteiger partial charge in [0.1, 0.15) is 0 Å². The molecule has 2 rings (SSSR count). The average molecular weight is 238 g/mol. The van der Waals surface area contributed by atoms with Gasteiger partial charge in [0.25, 0.3) is 0 Å². The van der Waals surface area contributed by atoms with Gasteiger partial charge >= 0.3 is 5.00 Å². The second-order valence-corrected chi connectivity index (χ2v) is 4.35. The van der Waals surface area contributed by atoms with E-state index in [9.17, 15) is 10.1 Å². The predicted octanol–water partition coefficient (Wildman–Crippen LogP) is 1.67. The molecule has 84 valence electrons. The highest BCUT2D eigenvalue weighted by molar-refractivity contribution is 7.15. The lowest BCUT2D eigenvalue weighted by Crippen LogP contribution is -2.10. The average Bonchev–Trinajstić information content (AvgIpc) is 2.87. The molecule has 0 atom stereocenters. The topological polar surface area (TPSA) is 83.8 Å². The molecule has 0 aliphatic rings. The number of nitrogens with zero attached hydrogens (tertiary/aromatic N) is 2. The lowest BCUT2D eigenvalue weighted by atomic mass is 10.3. The van der Waals surface area contributed by atoms with Crippen molar-refractivity contribution < 1.29 is 4.92 Å². The first-order chi connectivity index (χ1) is 7.75. The summed E-state index contributed by atoms with van der Waals surface area (Å²) in [6, 6.07) is 3.30. The van der Waals surface area contributed by atoms with E-state index in [4.69, 9.17) is 0 Å². The molecule has 2 heterocycles. The quantitative estimate of drug-likeness (QED) is 0.613. The number of aromatic nitrogens is 2. The number of hydrogen-bond acceptors (Lipinski definition) is 5. The van der Waals surface area contributed by atoms with Crippen LogP contribution in [0.4, 0.5) is 5.00 Å². The van der Waals surface area contributed by atoms with Crippen molar-refractivity contribution in [3.63, 3.8) is 0 Å². The maximum absolute atomic E-state index is 10.5. The summed E-state index contributed by atoms with van der Waals surface area (Å²) in [7, 11) is 0. The van der Waals surface area contributed by atoms with Crippen LogP contribution in [0.25, 0.3) is 0 Å². The van der Waals surface area contributed by atoms with Gasteiger partial charge in [0.05, 0.1) is 11.1 Å². The molecule has 7 heteroatoms. The van der Waals surface area contributed by atoms with Gasteiger partial charge in [-0.1, -0.05) is 11.3 Å². The number of nitrogens with one attached hydrogen (secondary N) is 2. The molecule has 0 bridgehead atoms. The maximum Gasteiger partial charge on any atom is 0.324 e. The zero-order chi connectivity index (χ0) is 11.4. The second-order valence-electron chi connectivity index (χ2n) is 3.21. The minimum Gasteiger partial charge on any atom is -0.308 e. The van der Waals surface area contributed by atoms with Gasteiger partial charge in [-0.15, -0.1) is 0 Å². The number of nitro groups is 1. The van der Waals surface area contributed by atoms with E-state index in [2.05, 4.69) is 15.5 Å². The summed E-state index contributed by atoms with van der Waals surface area (Å²) in [6.07, 6.45) is 3.55. The Morgan fingerprint density at radius 3 is 3.00 bits per heavy atom.